The third kappa shape index (κ3) is 4.48. The van der Waals surface area contributed by atoms with Crippen LogP contribution < -0.4 is 4.90 Å². The maximum absolute atomic E-state index is 13.3. The average Bonchev–Trinajstić information content (AvgIpc) is 3.20. The van der Waals surface area contributed by atoms with E-state index in [-0.39, 0.29) is 0 Å². The van der Waals surface area contributed by atoms with E-state index < -0.39 is 11.6 Å². The topological polar surface area (TPSA) is 32.3 Å². The maximum atomic E-state index is 13.3. The van der Waals surface area contributed by atoms with Crippen molar-refractivity contribution in [1.29, 1.82) is 0 Å². The normalized spacial score (nSPS) is 15.2. The van der Waals surface area contributed by atoms with Crippen molar-refractivity contribution < 1.29 is 8.78 Å². The molecule has 146 valence electrons. The van der Waals surface area contributed by atoms with Gasteiger partial charge in [-0.1, -0.05) is 29.8 Å². The number of benzene rings is 2. The van der Waals surface area contributed by atoms with Gasteiger partial charge in [0.15, 0.2) is 17.5 Å². The summed E-state index contributed by atoms with van der Waals surface area (Å²) in [5, 5.41) is 1.58. The minimum atomic E-state index is -0.799. The molecule has 1 aromatic heterocycles. The van der Waals surface area contributed by atoms with E-state index in [0.717, 1.165) is 49.0 Å². The average molecular weight is 421 g/mol. The van der Waals surface area contributed by atoms with Gasteiger partial charge in [0.1, 0.15) is 0 Å². The fourth-order valence-corrected chi connectivity index (χ4v) is 4.16. The molecule has 0 N–H and O–H groups in total. The van der Waals surface area contributed by atoms with Gasteiger partial charge in [0.05, 0.1) is 0 Å². The highest BCUT2D eigenvalue weighted by Crippen LogP contribution is 2.26. The predicted molar refractivity (Wildman–Crippen MR) is 109 cm³/mol. The second kappa shape index (κ2) is 8.51. The molecule has 1 fully saturated rings. The summed E-state index contributed by atoms with van der Waals surface area (Å²) in [5.41, 5.74) is 1.73. The summed E-state index contributed by atoms with van der Waals surface area (Å²) in [5.74, 6) is -0.885. The molecule has 3 aromatic rings. The lowest BCUT2D eigenvalue weighted by molar-refractivity contribution is 0.261. The fraction of sp³-hybridized carbons (Fsp3) is 0.300. The smallest absolute Gasteiger partial charge is 0.205 e. The molecule has 2 aromatic carbocycles. The summed E-state index contributed by atoms with van der Waals surface area (Å²) in [6.07, 6.45) is 0.703. The Hall–Kier alpha value is -2.09. The Balaban J connectivity index is 1.31. The van der Waals surface area contributed by atoms with Gasteiger partial charge in [0, 0.05) is 54.8 Å². The van der Waals surface area contributed by atoms with E-state index in [4.69, 9.17) is 11.6 Å². The van der Waals surface area contributed by atoms with E-state index >= 15 is 0 Å². The Morgan fingerprint density at radius 3 is 2.57 bits per heavy atom. The zero-order valence-electron chi connectivity index (χ0n) is 15.1. The number of hydrogen-bond donors (Lipinski definition) is 0. The second-order valence-electron chi connectivity index (χ2n) is 6.74. The van der Waals surface area contributed by atoms with Crippen LogP contribution in [0.25, 0.3) is 11.4 Å². The Morgan fingerprint density at radius 2 is 1.82 bits per heavy atom. The van der Waals surface area contributed by atoms with Crippen molar-refractivity contribution in [3.63, 3.8) is 0 Å². The highest BCUT2D eigenvalue weighted by molar-refractivity contribution is 7.09. The largest absolute Gasteiger partial charge is 0.344 e. The van der Waals surface area contributed by atoms with Crippen LogP contribution in [0.2, 0.25) is 5.02 Å². The monoisotopic (exact) mass is 420 g/mol. The van der Waals surface area contributed by atoms with Gasteiger partial charge >= 0.3 is 0 Å². The molecule has 1 aliphatic heterocycles. The van der Waals surface area contributed by atoms with Gasteiger partial charge in [-0.15, -0.1) is 0 Å². The van der Waals surface area contributed by atoms with Gasteiger partial charge in [-0.05, 0) is 36.2 Å². The highest BCUT2D eigenvalue weighted by Gasteiger charge is 2.20. The van der Waals surface area contributed by atoms with Crippen molar-refractivity contribution in [2.24, 2.45) is 0 Å². The van der Waals surface area contributed by atoms with E-state index in [9.17, 15) is 8.78 Å². The maximum Gasteiger partial charge on any atom is 0.205 e. The Kier molecular flexibility index (Phi) is 5.85. The molecule has 0 spiro atoms. The number of aromatic nitrogens is 2. The molecule has 1 saturated heterocycles. The number of anilines is 1. The first-order chi connectivity index (χ1) is 13.6. The molecule has 28 heavy (non-hydrogen) atoms. The van der Waals surface area contributed by atoms with Gasteiger partial charge in [-0.25, -0.2) is 8.78 Å². The minimum Gasteiger partial charge on any atom is -0.344 e. The van der Waals surface area contributed by atoms with E-state index in [1.165, 1.54) is 23.7 Å². The minimum absolute atomic E-state index is 0.670. The molecular formula is C20H19ClF2N4S. The highest BCUT2D eigenvalue weighted by atomic mass is 35.5. The number of nitrogens with zero attached hydrogens (tertiary/aromatic N) is 4. The third-order valence-electron chi connectivity index (χ3n) is 4.84. The molecule has 1 aliphatic rings. The van der Waals surface area contributed by atoms with E-state index in [2.05, 4.69) is 19.2 Å². The molecule has 0 bridgehead atoms. The van der Waals surface area contributed by atoms with Gasteiger partial charge in [0.25, 0.3) is 0 Å². The van der Waals surface area contributed by atoms with Crippen molar-refractivity contribution >= 4 is 28.3 Å². The van der Waals surface area contributed by atoms with Crippen molar-refractivity contribution in [3.8, 4) is 11.4 Å². The van der Waals surface area contributed by atoms with Crippen LogP contribution >= 0.6 is 23.1 Å². The summed E-state index contributed by atoms with van der Waals surface area (Å²) in [7, 11) is 0. The molecular weight excluding hydrogens is 402 g/mol. The zero-order valence-corrected chi connectivity index (χ0v) is 16.7. The van der Waals surface area contributed by atoms with Crippen LogP contribution in [0.15, 0.2) is 42.5 Å². The molecule has 2 heterocycles. The van der Waals surface area contributed by atoms with Crippen LogP contribution in [0, 0.1) is 11.6 Å². The van der Waals surface area contributed by atoms with Crippen molar-refractivity contribution in [2.45, 2.75) is 6.42 Å². The van der Waals surface area contributed by atoms with Crippen molar-refractivity contribution in [3.05, 3.63) is 64.7 Å². The van der Waals surface area contributed by atoms with Crippen LogP contribution in [0.5, 0.6) is 0 Å². The van der Waals surface area contributed by atoms with Crippen LogP contribution in [0.1, 0.15) is 5.56 Å². The van der Waals surface area contributed by atoms with Crippen LogP contribution in [0.3, 0.4) is 0 Å². The molecule has 8 heteroatoms. The first-order valence-electron chi connectivity index (χ1n) is 9.09. The Bertz CT molecular complexity index is 957. The summed E-state index contributed by atoms with van der Waals surface area (Å²) < 4.78 is 30.8. The lowest BCUT2D eigenvalue weighted by Gasteiger charge is -2.34. The van der Waals surface area contributed by atoms with E-state index in [0.29, 0.717) is 17.3 Å². The van der Waals surface area contributed by atoms with Gasteiger partial charge in [0.2, 0.25) is 5.13 Å². The quantitative estimate of drug-likeness (QED) is 0.608. The lowest BCUT2D eigenvalue weighted by atomic mass is 10.1. The molecule has 0 unspecified atom stereocenters. The number of rotatable bonds is 5. The molecule has 0 aliphatic carbocycles. The van der Waals surface area contributed by atoms with Crippen LogP contribution in [-0.4, -0.2) is 47.0 Å². The van der Waals surface area contributed by atoms with Gasteiger partial charge in [-0.2, -0.15) is 9.36 Å². The van der Waals surface area contributed by atoms with Crippen LogP contribution in [0.4, 0.5) is 13.9 Å². The molecule has 4 rings (SSSR count). The molecule has 0 amide bonds. The summed E-state index contributed by atoms with van der Waals surface area (Å²) in [6, 6.07) is 11.7. The number of hydrogen-bond acceptors (Lipinski definition) is 5. The molecule has 0 saturated carbocycles. The summed E-state index contributed by atoms with van der Waals surface area (Å²) in [6.45, 7) is 4.35. The first kappa shape index (κ1) is 19.2. The van der Waals surface area contributed by atoms with Gasteiger partial charge in [-0.3, -0.25) is 4.90 Å². The summed E-state index contributed by atoms with van der Waals surface area (Å²) in [4.78, 5) is 9.23. The number of halogens is 3. The zero-order chi connectivity index (χ0) is 19.5. The van der Waals surface area contributed by atoms with Crippen LogP contribution in [-0.2, 0) is 6.42 Å². The molecule has 0 radical (unpaired) electrons. The Labute approximate surface area is 171 Å². The SMILES string of the molecule is Fc1ccc(CCN2CCN(c3nc(-c4cccc(Cl)c4)ns3)CC2)cc1F. The molecule has 4 nitrogen and oxygen atoms in total. The van der Waals surface area contributed by atoms with E-state index in [1.807, 2.05) is 24.3 Å². The summed E-state index contributed by atoms with van der Waals surface area (Å²) >= 11 is 7.45. The van der Waals surface area contributed by atoms with E-state index in [1.54, 1.807) is 6.07 Å². The van der Waals surface area contributed by atoms with Crippen molar-refractivity contribution in [1.82, 2.24) is 14.3 Å². The van der Waals surface area contributed by atoms with Gasteiger partial charge < -0.3 is 4.90 Å². The Morgan fingerprint density at radius 1 is 1.00 bits per heavy atom. The molecule has 0 atom stereocenters. The lowest BCUT2D eigenvalue weighted by Crippen LogP contribution is -2.47. The fourth-order valence-electron chi connectivity index (χ4n) is 3.23. The first-order valence-corrected chi connectivity index (χ1v) is 10.2. The predicted octanol–water partition coefficient (Wildman–Crippen LogP) is 4.50. The third-order valence-corrected chi connectivity index (χ3v) is 5.85. The number of piperazine rings is 1. The van der Waals surface area contributed by atoms with Crippen molar-refractivity contribution in [2.75, 3.05) is 37.6 Å². The second-order valence-corrected chi connectivity index (χ2v) is 7.90. The standard InChI is InChI=1S/C20H19ClF2N4S/c21-16-3-1-2-15(13-16)19-24-20(28-25-19)27-10-8-26(9-11-27)7-6-14-4-5-17(22)18(23)12-14/h1-5,12-13H,6-11H2.